The lowest BCUT2D eigenvalue weighted by atomic mass is 10.2. The van der Waals surface area contributed by atoms with Gasteiger partial charge in [0.15, 0.2) is 0 Å². The fourth-order valence-electron chi connectivity index (χ4n) is 2.14. The lowest BCUT2D eigenvalue weighted by Gasteiger charge is -2.03. The summed E-state index contributed by atoms with van der Waals surface area (Å²) in [5.41, 5.74) is 1.69. The minimum absolute atomic E-state index is 0.251. The maximum atomic E-state index is 11.9. The molecule has 0 amide bonds. The second-order valence-electron chi connectivity index (χ2n) is 5.12. The van der Waals surface area contributed by atoms with Crippen molar-refractivity contribution in [2.75, 3.05) is 6.54 Å². The molecule has 7 heteroatoms. The van der Waals surface area contributed by atoms with Gasteiger partial charge in [-0.2, -0.15) is 5.10 Å². The van der Waals surface area contributed by atoms with Crippen molar-refractivity contribution in [3.63, 3.8) is 0 Å². The fourth-order valence-corrected chi connectivity index (χ4v) is 2.95. The van der Waals surface area contributed by atoms with Crippen LogP contribution in [0.4, 0.5) is 0 Å². The molecule has 0 fully saturated rings. The highest BCUT2D eigenvalue weighted by molar-refractivity contribution is 7.92. The van der Waals surface area contributed by atoms with Crippen molar-refractivity contribution in [2.45, 2.75) is 6.54 Å². The minimum Gasteiger partial charge on any atom is -0.464 e. The lowest BCUT2D eigenvalue weighted by molar-refractivity contribution is 0.567. The summed E-state index contributed by atoms with van der Waals surface area (Å²) in [5, 5.41) is 5.36. The Morgan fingerprint density at radius 2 is 2.00 bits per heavy atom. The molecule has 0 saturated heterocycles. The first kappa shape index (κ1) is 16.2. The molecule has 0 spiro atoms. The van der Waals surface area contributed by atoms with E-state index in [1.165, 1.54) is 5.41 Å². The van der Waals surface area contributed by atoms with E-state index in [4.69, 9.17) is 4.42 Å². The van der Waals surface area contributed by atoms with Crippen LogP contribution in [0.2, 0.25) is 0 Å². The van der Waals surface area contributed by atoms with Crippen molar-refractivity contribution in [3.8, 4) is 11.3 Å². The highest BCUT2D eigenvalue weighted by Crippen LogP contribution is 2.18. The average molecular weight is 343 g/mol. The van der Waals surface area contributed by atoms with Gasteiger partial charge in [0.05, 0.1) is 24.6 Å². The summed E-state index contributed by atoms with van der Waals surface area (Å²) >= 11 is 0. The molecule has 124 valence electrons. The molecule has 0 radical (unpaired) electrons. The van der Waals surface area contributed by atoms with E-state index in [1.54, 1.807) is 29.3 Å². The normalized spacial score (nSPS) is 12.0. The molecule has 3 aromatic rings. The Hall–Kier alpha value is -2.64. The topological polar surface area (TPSA) is 77.1 Å². The van der Waals surface area contributed by atoms with E-state index in [0.717, 1.165) is 16.9 Å². The number of nitrogens with one attached hydrogen (secondary N) is 1. The zero-order valence-corrected chi connectivity index (χ0v) is 13.7. The van der Waals surface area contributed by atoms with E-state index in [1.807, 2.05) is 42.6 Å². The van der Waals surface area contributed by atoms with Crippen LogP contribution < -0.4 is 4.72 Å². The van der Waals surface area contributed by atoms with Crippen molar-refractivity contribution >= 4 is 16.1 Å². The summed E-state index contributed by atoms with van der Waals surface area (Å²) in [6, 6.07) is 12.9. The van der Waals surface area contributed by atoms with Crippen molar-refractivity contribution in [1.29, 1.82) is 0 Å². The van der Waals surface area contributed by atoms with Crippen LogP contribution >= 0.6 is 0 Å². The van der Waals surface area contributed by atoms with Crippen molar-refractivity contribution in [3.05, 3.63) is 72.1 Å². The van der Waals surface area contributed by atoms with Crippen molar-refractivity contribution in [1.82, 2.24) is 14.5 Å². The smallest absolute Gasteiger partial charge is 0.233 e. The Balaban J connectivity index is 1.53. The van der Waals surface area contributed by atoms with Gasteiger partial charge in [-0.05, 0) is 23.8 Å². The molecule has 3 rings (SSSR count). The zero-order chi connectivity index (χ0) is 16.8. The third-order valence-corrected chi connectivity index (χ3v) is 4.42. The standard InChI is InChI=1S/C17H17N3O3S/c21-24(22,12-8-15-5-2-1-3-6-15)19-9-10-20-14-16(13-18-20)17-7-4-11-23-17/h1-8,11-14,19H,9-10H2. The van der Waals surface area contributed by atoms with Gasteiger partial charge < -0.3 is 4.42 Å². The second-order valence-corrected chi connectivity index (χ2v) is 6.77. The number of hydrogen-bond acceptors (Lipinski definition) is 4. The van der Waals surface area contributed by atoms with Crippen LogP contribution in [-0.4, -0.2) is 24.7 Å². The molecule has 0 unspecified atom stereocenters. The molecule has 1 aromatic carbocycles. The Morgan fingerprint density at radius 1 is 1.17 bits per heavy atom. The lowest BCUT2D eigenvalue weighted by Crippen LogP contribution is -2.25. The van der Waals surface area contributed by atoms with Crippen molar-refractivity contribution in [2.24, 2.45) is 0 Å². The zero-order valence-electron chi connectivity index (χ0n) is 12.9. The summed E-state index contributed by atoms with van der Waals surface area (Å²) < 4.78 is 33.4. The molecule has 1 N–H and O–H groups in total. The SMILES string of the molecule is O=S(=O)(C=Cc1ccccc1)NCCn1cc(-c2ccco2)cn1. The van der Waals surface area contributed by atoms with Gasteiger partial charge in [-0.25, -0.2) is 13.1 Å². The fraction of sp³-hybridized carbons (Fsp3) is 0.118. The molecule has 2 heterocycles. The predicted octanol–water partition coefficient (Wildman–Crippen LogP) is 2.73. The summed E-state index contributed by atoms with van der Waals surface area (Å²) in [5.74, 6) is 0.729. The largest absolute Gasteiger partial charge is 0.464 e. The van der Waals surface area contributed by atoms with E-state index in [9.17, 15) is 8.42 Å². The molecule has 0 bridgehead atoms. The van der Waals surface area contributed by atoms with Gasteiger partial charge in [-0.15, -0.1) is 0 Å². The van der Waals surface area contributed by atoms with Crippen LogP contribution in [0, 0.1) is 0 Å². The summed E-state index contributed by atoms with van der Waals surface area (Å²) in [4.78, 5) is 0. The van der Waals surface area contributed by atoms with Gasteiger partial charge in [-0.3, -0.25) is 4.68 Å². The number of nitrogens with zero attached hydrogens (tertiary/aromatic N) is 2. The molecule has 0 saturated carbocycles. The molecule has 6 nitrogen and oxygen atoms in total. The van der Waals surface area contributed by atoms with Crippen LogP contribution in [0.5, 0.6) is 0 Å². The Morgan fingerprint density at radius 3 is 2.75 bits per heavy atom. The number of rotatable bonds is 7. The van der Waals surface area contributed by atoms with Gasteiger partial charge in [0, 0.05) is 18.1 Å². The number of benzene rings is 1. The number of hydrogen-bond donors (Lipinski definition) is 1. The minimum atomic E-state index is -3.48. The predicted molar refractivity (Wildman–Crippen MR) is 92.3 cm³/mol. The molecule has 24 heavy (non-hydrogen) atoms. The summed E-state index contributed by atoms with van der Waals surface area (Å²) in [7, 11) is -3.48. The van der Waals surface area contributed by atoms with E-state index < -0.39 is 10.0 Å². The van der Waals surface area contributed by atoms with Crippen LogP contribution in [0.25, 0.3) is 17.4 Å². The van der Waals surface area contributed by atoms with Crippen LogP contribution in [-0.2, 0) is 16.6 Å². The molecule has 0 aliphatic carbocycles. The summed E-state index contributed by atoms with van der Waals surface area (Å²) in [6.45, 7) is 0.680. The Kier molecular flexibility index (Phi) is 4.93. The number of furan rings is 1. The van der Waals surface area contributed by atoms with Crippen LogP contribution in [0.1, 0.15) is 5.56 Å². The quantitative estimate of drug-likeness (QED) is 0.715. The molecular formula is C17H17N3O3S. The maximum absolute atomic E-state index is 11.9. The third-order valence-electron chi connectivity index (χ3n) is 3.32. The Bertz CT molecular complexity index is 898. The molecule has 2 aromatic heterocycles. The van der Waals surface area contributed by atoms with Crippen LogP contribution in [0.3, 0.4) is 0 Å². The maximum Gasteiger partial charge on any atom is 0.233 e. The van der Waals surface area contributed by atoms with Crippen molar-refractivity contribution < 1.29 is 12.8 Å². The van der Waals surface area contributed by atoms with Gasteiger partial charge in [0.2, 0.25) is 10.0 Å². The number of aromatic nitrogens is 2. The highest BCUT2D eigenvalue weighted by atomic mass is 32.2. The molecule has 0 atom stereocenters. The summed E-state index contributed by atoms with van der Waals surface area (Å²) in [6.07, 6.45) is 6.65. The van der Waals surface area contributed by atoms with E-state index in [2.05, 4.69) is 9.82 Å². The second kappa shape index (κ2) is 7.29. The first-order valence-corrected chi connectivity index (χ1v) is 8.96. The molecule has 0 aliphatic rings. The molecule has 0 aliphatic heterocycles. The first-order chi connectivity index (χ1) is 11.6. The van der Waals surface area contributed by atoms with Gasteiger partial charge in [0.25, 0.3) is 0 Å². The highest BCUT2D eigenvalue weighted by Gasteiger charge is 2.06. The van der Waals surface area contributed by atoms with Gasteiger partial charge >= 0.3 is 0 Å². The average Bonchev–Trinajstić information content (AvgIpc) is 3.25. The third kappa shape index (κ3) is 4.43. The van der Waals surface area contributed by atoms with Gasteiger partial charge in [-0.1, -0.05) is 30.3 Å². The first-order valence-electron chi connectivity index (χ1n) is 7.41. The van der Waals surface area contributed by atoms with E-state index >= 15 is 0 Å². The van der Waals surface area contributed by atoms with E-state index in [0.29, 0.717) is 6.54 Å². The van der Waals surface area contributed by atoms with Crippen LogP contribution in [0.15, 0.2) is 70.9 Å². The Labute approximate surface area is 140 Å². The number of sulfonamides is 1. The van der Waals surface area contributed by atoms with E-state index in [-0.39, 0.29) is 6.54 Å². The molecular weight excluding hydrogens is 326 g/mol. The monoisotopic (exact) mass is 343 g/mol. The van der Waals surface area contributed by atoms with Gasteiger partial charge in [0.1, 0.15) is 5.76 Å².